The first-order chi connectivity index (χ1) is 8.19. The van der Waals surface area contributed by atoms with Crippen LogP contribution in [-0.4, -0.2) is 29.8 Å². The van der Waals surface area contributed by atoms with Crippen LogP contribution in [0.3, 0.4) is 0 Å². The molecule has 0 saturated heterocycles. The number of nitrogens with zero attached hydrogens (tertiary/aromatic N) is 1. The third kappa shape index (κ3) is 2.79. The van der Waals surface area contributed by atoms with Gasteiger partial charge in [0.15, 0.2) is 11.7 Å². The summed E-state index contributed by atoms with van der Waals surface area (Å²) in [6, 6.07) is 0. The van der Waals surface area contributed by atoms with Crippen LogP contribution in [0.1, 0.15) is 17.3 Å². The van der Waals surface area contributed by atoms with Gasteiger partial charge in [-0.15, -0.1) is 0 Å². The highest BCUT2D eigenvalue weighted by Crippen LogP contribution is 2.18. The van der Waals surface area contributed by atoms with Crippen molar-refractivity contribution in [2.45, 2.75) is 12.8 Å². The van der Waals surface area contributed by atoms with Crippen LogP contribution >= 0.6 is 0 Å². The highest BCUT2D eigenvalue weighted by molar-refractivity contribution is 5.97. The fourth-order valence-electron chi connectivity index (χ4n) is 1.55. The van der Waals surface area contributed by atoms with E-state index in [2.05, 4.69) is 10.3 Å². The van der Waals surface area contributed by atoms with Crippen molar-refractivity contribution in [2.24, 2.45) is 5.73 Å². The summed E-state index contributed by atoms with van der Waals surface area (Å²) in [6.07, 6.45) is 3.88. The molecule has 0 atom stereocenters. The molecule has 1 aliphatic carbocycles. The molecule has 90 valence electrons. The molecule has 0 aromatic carbocycles. The summed E-state index contributed by atoms with van der Waals surface area (Å²) in [6.45, 7) is 0.395. The molecule has 0 aliphatic heterocycles. The van der Waals surface area contributed by atoms with Gasteiger partial charge in [-0.25, -0.2) is 4.98 Å². The summed E-state index contributed by atoms with van der Waals surface area (Å²) < 4.78 is 5.43. The number of rotatable bonds is 4. The lowest BCUT2D eigenvalue weighted by molar-refractivity contribution is -0.119. The molecular formula is C11H13N3O3. The van der Waals surface area contributed by atoms with Crippen molar-refractivity contribution in [3.8, 4) is 0 Å². The monoisotopic (exact) mass is 235 g/mol. The zero-order valence-corrected chi connectivity index (χ0v) is 9.23. The van der Waals surface area contributed by atoms with Crippen LogP contribution in [0.15, 0.2) is 10.5 Å². The number of carbonyl (C=O) groups is 2. The number of allylic oxidation sites excluding steroid dienone is 1. The topological polar surface area (TPSA) is 98.2 Å². The van der Waals surface area contributed by atoms with E-state index in [1.165, 1.54) is 6.08 Å². The van der Waals surface area contributed by atoms with Crippen LogP contribution in [0.4, 0.5) is 0 Å². The van der Waals surface area contributed by atoms with E-state index in [0.29, 0.717) is 30.3 Å². The Morgan fingerprint density at radius 2 is 2.35 bits per heavy atom. The number of nitrogens with one attached hydrogen (secondary N) is 1. The molecule has 2 rings (SSSR count). The Balaban J connectivity index is 1.93. The van der Waals surface area contributed by atoms with Crippen molar-refractivity contribution >= 4 is 17.8 Å². The van der Waals surface area contributed by atoms with E-state index in [-0.39, 0.29) is 24.7 Å². The summed E-state index contributed by atoms with van der Waals surface area (Å²) in [7, 11) is 0. The zero-order chi connectivity index (χ0) is 12.3. The predicted molar refractivity (Wildman–Crippen MR) is 60.0 cm³/mol. The smallest absolute Gasteiger partial charge is 0.233 e. The molecule has 0 bridgehead atoms. The molecule has 0 fully saturated rings. The lowest BCUT2D eigenvalue weighted by Crippen LogP contribution is -2.31. The second-order valence-electron chi connectivity index (χ2n) is 3.70. The predicted octanol–water partition coefficient (Wildman–Crippen LogP) is -0.570. The minimum Gasteiger partial charge on any atom is -0.445 e. The van der Waals surface area contributed by atoms with Gasteiger partial charge in [0.2, 0.25) is 5.91 Å². The van der Waals surface area contributed by atoms with Crippen molar-refractivity contribution in [1.29, 1.82) is 0 Å². The molecule has 6 heteroatoms. The molecular weight excluding hydrogens is 222 g/mol. The maximum absolute atomic E-state index is 11.1. The Hall–Kier alpha value is -1.95. The molecule has 1 aromatic heterocycles. The van der Waals surface area contributed by atoms with Gasteiger partial charge >= 0.3 is 0 Å². The lowest BCUT2D eigenvalue weighted by atomic mass is 10.1. The summed E-state index contributed by atoms with van der Waals surface area (Å²) in [5.41, 5.74) is 5.85. The highest BCUT2D eigenvalue weighted by Gasteiger charge is 2.17. The van der Waals surface area contributed by atoms with Crippen LogP contribution in [0.25, 0.3) is 6.08 Å². The number of oxazole rings is 1. The summed E-state index contributed by atoms with van der Waals surface area (Å²) in [5, 5.41) is 2.62. The normalized spacial score (nSPS) is 13.6. The number of amides is 1. The molecule has 3 N–H and O–H groups in total. The van der Waals surface area contributed by atoms with Gasteiger partial charge in [0, 0.05) is 13.0 Å². The third-order valence-corrected chi connectivity index (χ3v) is 2.38. The van der Waals surface area contributed by atoms with Crippen LogP contribution in [0.2, 0.25) is 0 Å². The van der Waals surface area contributed by atoms with Crippen LogP contribution in [0, 0.1) is 0 Å². The quantitative estimate of drug-likeness (QED) is 0.728. The number of ketones is 1. The maximum atomic E-state index is 11.1. The van der Waals surface area contributed by atoms with Crippen molar-refractivity contribution in [3.05, 3.63) is 23.4 Å². The van der Waals surface area contributed by atoms with Crippen molar-refractivity contribution in [1.82, 2.24) is 10.3 Å². The van der Waals surface area contributed by atoms with E-state index in [1.54, 1.807) is 6.08 Å². The molecule has 17 heavy (non-hydrogen) atoms. The lowest BCUT2D eigenvalue weighted by Gasteiger charge is -2.00. The SMILES string of the molecule is NCC(=O)NCCc1nc2c(o1)CC(=O)C=C2. The summed E-state index contributed by atoms with van der Waals surface area (Å²) in [4.78, 5) is 26.2. The van der Waals surface area contributed by atoms with E-state index in [4.69, 9.17) is 10.2 Å². The highest BCUT2D eigenvalue weighted by atomic mass is 16.4. The van der Waals surface area contributed by atoms with Crippen LogP contribution in [-0.2, 0) is 22.4 Å². The molecule has 1 aromatic rings. The number of aromatic nitrogens is 1. The van der Waals surface area contributed by atoms with Gasteiger partial charge in [-0.2, -0.15) is 0 Å². The number of hydrogen-bond donors (Lipinski definition) is 2. The van der Waals surface area contributed by atoms with E-state index in [1.807, 2.05) is 0 Å². The van der Waals surface area contributed by atoms with Gasteiger partial charge in [-0.3, -0.25) is 9.59 Å². The van der Waals surface area contributed by atoms with Gasteiger partial charge in [0.05, 0.1) is 13.0 Å². The molecule has 0 saturated carbocycles. The summed E-state index contributed by atoms with van der Waals surface area (Å²) in [5.74, 6) is 0.914. The Morgan fingerprint density at radius 1 is 1.53 bits per heavy atom. The van der Waals surface area contributed by atoms with E-state index >= 15 is 0 Å². The van der Waals surface area contributed by atoms with Crippen LogP contribution < -0.4 is 11.1 Å². The van der Waals surface area contributed by atoms with E-state index in [0.717, 1.165) is 0 Å². The Labute approximate surface area is 97.9 Å². The van der Waals surface area contributed by atoms with E-state index in [9.17, 15) is 9.59 Å². The molecule has 1 heterocycles. The van der Waals surface area contributed by atoms with Gasteiger partial charge in [0.1, 0.15) is 11.5 Å². The molecule has 0 unspecified atom stereocenters. The summed E-state index contributed by atoms with van der Waals surface area (Å²) >= 11 is 0. The first kappa shape index (κ1) is 11.5. The number of nitrogens with two attached hydrogens (primary N) is 1. The number of fused-ring (bicyclic) bond motifs is 1. The van der Waals surface area contributed by atoms with Crippen molar-refractivity contribution < 1.29 is 14.0 Å². The second kappa shape index (κ2) is 4.92. The number of carbonyl (C=O) groups excluding carboxylic acids is 2. The average molecular weight is 235 g/mol. The molecule has 1 aliphatic rings. The Kier molecular flexibility index (Phi) is 3.34. The Morgan fingerprint density at radius 3 is 3.12 bits per heavy atom. The van der Waals surface area contributed by atoms with Crippen molar-refractivity contribution in [3.63, 3.8) is 0 Å². The fraction of sp³-hybridized carbons (Fsp3) is 0.364. The molecule has 1 amide bonds. The minimum absolute atomic E-state index is 0.0108. The third-order valence-electron chi connectivity index (χ3n) is 2.38. The first-order valence-electron chi connectivity index (χ1n) is 5.35. The van der Waals surface area contributed by atoms with Gasteiger partial charge in [0.25, 0.3) is 0 Å². The van der Waals surface area contributed by atoms with Crippen molar-refractivity contribution in [2.75, 3.05) is 13.1 Å². The average Bonchev–Trinajstić information content (AvgIpc) is 2.70. The zero-order valence-electron chi connectivity index (χ0n) is 9.23. The molecule has 6 nitrogen and oxygen atoms in total. The molecule has 0 radical (unpaired) electrons. The largest absolute Gasteiger partial charge is 0.445 e. The van der Waals surface area contributed by atoms with Gasteiger partial charge in [-0.05, 0) is 12.2 Å². The van der Waals surface area contributed by atoms with Crippen LogP contribution in [0.5, 0.6) is 0 Å². The fourth-order valence-corrected chi connectivity index (χ4v) is 1.55. The molecule has 0 spiro atoms. The first-order valence-corrected chi connectivity index (χ1v) is 5.35. The van der Waals surface area contributed by atoms with Gasteiger partial charge in [-0.1, -0.05) is 0 Å². The minimum atomic E-state index is -0.212. The number of hydrogen-bond acceptors (Lipinski definition) is 5. The standard InChI is InChI=1S/C11H13N3O3/c12-6-10(16)13-4-3-11-14-8-2-1-7(15)5-9(8)17-11/h1-2H,3-6,12H2,(H,13,16). The maximum Gasteiger partial charge on any atom is 0.233 e. The van der Waals surface area contributed by atoms with Gasteiger partial charge < -0.3 is 15.5 Å². The van der Waals surface area contributed by atoms with E-state index < -0.39 is 0 Å². The Bertz CT molecular complexity index is 476. The second-order valence-corrected chi connectivity index (χ2v) is 3.70.